The third-order valence-electron chi connectivity index (χ3n) is 3.88. The first-order valence-electron chi connectivity index (χ1n) is 8.39. The molecule has 0 saturated carbocycles. The normalized spacial score (nSPS) is 11.6. The number of fused-ring (bicyclic) bond motifs is 1. The van der Waals surface area contributed by atoms with Crippen LogP contribution in [0.1, 0.15) is 6.92 Å². The van der Waals surface area contributed by atoms with Crippen LogP contribution in [0, 0.1) is 0 Å². The summed E-state index contributed by atoms with van der Waals surface area (Å²) < 4.78 is 10.4. The second-order valence-corrected chi connectivity index (χ2v) is 6.31. The van der Waals surface area contributed by atoms with Crippen LogP contribution in [0.5, 0.6) is 5.75 Å². The average Bonchev–Trinajstić information content (AvgIpc) is 2.67. The molecule has 0 unspecified atom stereocenters. The molecule has 3 aromatic rings. The summed E-state index contributed by atoms with van der Waals surface area (Å²) in [5, 5.41) is 5.22. The molecule has 0 bridgehead atoms. The molecule has 0 fully saturated rings. The molecule has 138 valence electrons. The molecule has 0 saturated heterocycles. The van der Waals surface area contributed by atoms with Crippen LogP contribution in [0.3, 0.4) is 0 Å². The van der Waals surface area contributed by atoms with Crippen molar-refractivity contribution in [1.29, 1.82) is 0 Å². The van der Waals surface area contributed by atoms with Gasteiger partial charge in [-0.15, -0.1) is 0 Å². The van der Waals surface area contributed by atoms with Gasteiger partial charge in [-0.2, -0.15) is 0 Å². The monoisotopic (exact) mass is 383 g/mol. The molecule has 1 amide bonds. The predicted octanol–water partition coefficient (Wildman–Crippen LogP) is 4.44. The molecule has 0 heterocycles. The van der Waals surface area contributed by atoms with Crippen molar-refractivity contribution < 1.29 is 19.1 Å². The molecule has 1 N–H and O–H groups in total. The minimum absolute atomic E-state index is 0.336. The lowest BCUT2D eigenvalue weighted by Crippen LogP contribution is -2.31. The maximum atomic E-state index is 12.3. The molecule has 3 rings (SSSR count). The van der Waals surface area contributed by atoms with Gasteiger partial charge >= 0.3 is 5.97 Å². The first kappa shape index (κ1) is 18.7. The summed E-state index contributed by atoms with van der Waals surface area (Å²) in [5.74, 6) is -0.697. The molecular formula is C21H18ClNO4. The van der Waals surface area contributed by atoms with E-state index in [4.69, 9.17) is 21.1 Å². The molecule has 0 aliphatic heterocycles. The van der Waals surface area contributed by atoms with Gasteiger partial charge < -0.3 is 14.8 Å². The Kier molecular flexibility index (Phi) is 5.94. The van der Waals surface area contributed by atoms with Gasteiger partial charge in [-0.05, 0) is 42.0 Å². The number of carbonyl (C=O) groups excluding carboxylic acids is 2. The van der Waals surface area contributed by atoms with Crippen molar-refractivity contribution in [3.63, 3.8) is 0 Å². The number of esters is 1. The van der Waals surface area contributed by atoms with Crippen LogP contribution in [0.25, 0.3) is 10.8 Å². The summed E-state index contributed by atoms with van der Waals surface area (Å²) in [6.07, 6.45) is -0.959. The SMILES string of the molecule is C[C@H](OC(=O)COc1ccccc1Cl)C(=O)Nc1ccc2ccccc2c1. The second kappa shape index (κ2) is 8.56. The quantitative estimate of drug-likeness (QED) is 0.639. The van der Waals surface area contributed by atoms with Crippen LogP contribution < -0.4 is 10.1 Å². The fourth-order valence-electron chi connectivity index (χ4n) is 2.49. The van der Waals surface area contributed by atoms with E-state index in [1.807, 2.05) is 36.4 Å². The molecule has 0 aliphatic rings. The Morgan fingerprint density at radius 3 is 2.48 bits per heavy atom. The summed E-state index contributed by atoms with van der Waals surface area (Å²) in [6, 6.07) is 20.2. The van der Waals surface area contributed by atoms with E-state index >= 15 is 0 Å². The molecule has 0 aliphatic carbocycles. The van der Waals surface area contributed by atoms with Gasteiger partial charge in [0.25, 0.3) is 5.91 Å². The van der Waals surface area contributed by atoms with Gasteiger partial charge in [-0.3, -0.25) is 4.79 Å². The average molecular weight is 384 g/mol. The van der Waals surface area contributed by atoms with Gasteiger partial charge in [0.05, 0.1) is 5.02 Å². The van der Waals surface area contributed by atoms with E-state index in [1.54, 1.807) is 30.3 Å². The molecule has 6 heteroatoms. The van der Waals surface area contributed by atoms with Crippen molar-refractivity contribution in [2.45, 2.75) is 13.0 Å². The minimum Gasteiger partial charge on any atom is -0.480 e. The molecular weight excluding hydrogens is 366 g/mol. The van der Waals surface area contributed by atoms with Crippen LogP contribution >= 0.6 is 11.6 Å². The fourth-order valence-corrected chi connectivity index (χ4v) is 2.68. The number of nitrogens with one attached hydrogen (secondary N) is 1. The van der Waals surface area contributed by atoms with Crippen molar-refractivity contribution in [1.82, 2.24) is 0 Å². The number of amides is 1. The lowest BCUT2D eigenvalue weighted by Gasteiger charge is -2.14. The zero-order valence-electron chi connectivity index (χ0n) is 14.6. The highest BCUT2D eigenvalue weighted by molar-refractivity contribution is 6.32. The standard InChI is InChI=1S/C21H18ClNO4/c1-14(27-20(24)13-26-19-9-5-4-8-18(19)22)21(25)23-17-11-10-15-6-2-3-7-16(15)12-17/h2-12,14H,13H2,1H3,(H,23,25)/t14-/m0/s1. The topological polar surface area (TPSA) is 64.6 Å². The lowest BCUT2D eigenvalue weighted by molar-refractivity contribution is -0.155. The van der Waals surface area contributed by atoms with Gasteiger partial charge in [0.15, 0.2) is 12.7 Å². The van der Waals surface area contributed by atoms with Crippen molar-refractivity contribution in [3.05, 3.63) is 71.8 Å². The van der Waals surface area contributed by atoms with Crippen molar-refractivity contribution in [2.24, 2.45) is 0 Å². The largest absolute Gasteiger partial charge is 0.480 e. The van der Waals surface area contributed by atoms with Crippen molar-refractivity contribution >= 4 is 39.9 Å². The first-order valence-corrected chi connectivity index (χ1v) is 8.77. The Balaban J connectivity index is 1.53. The number of benzene rings is 3. The van der Waals surface area contributed by atoms with Crippen LogP contribution in [0.15, 0.2) is 66.7 Å². The highest BCUT2D eigenvalue weighted by Crippen LogP contribution is 2.23. The van der Waals surface area contributed by atoms with Crippen LogP contribution in [-0.2, 0) is 14.3 Å². The van der Waals surface area contributed by atoms with Crippen molar-refractivity contribution in [3.8, 4) is 5.75 Å². The molecule has 27 heavy (non-hydrogen) atoms. The Morgan fingerprint density at radius 2 is 1.70 bits per heavy atom. The van der Waals surface area contributed by atoms with Gasteiger partial charge in [-0.25, -0.2) is 4.79 Å². The smallest absolute Gasteiger partial charge is 0.344 e. The molecule has 0 aromatic heterocycles. The zero-order chi connectivity index (χ0) is 19.2. The lowest BCUT2D eigenvalue weighted by atomic mass is 10.1. The van der Waals surface area contributed by atoms with E-state index in [1.165, 1.54) is 6.92 Å². The van der Waals surface area contributed by atoms with Crippen LogP contribution in [0.2, 0.25) is 5.02 Å². The minimum atomic E-state index is -0.959. The summed E-state index contributed by atoms with van der Waals surface area (Å²) in [7, 11) is 0. The van der Waals surface area contributed by atoms with Gasteiger partial charge in [0.2, 0.25) is 0 Å². The van der Waals surface area contributed by atoms with E-state index in [-0.39, 0.29) is 6.61 Å². The van der Waals surface area contributed by atoms with Crippen molar-refractivity contribution in [2.75, 3.05) is 11.9 Å². The summed E-state index contributed by atoms with van der Waals surface area (Å²) in [4.78, 5) is 24.2. The van der Waals surface area contributed by atoms with E-state index < -0.39 is 18.0 Å². The van der Waals surface area contributed by atoms with E-state index in [9.17, 15) is 9.59 Å². The number of anilines is 1. The van der Waals surface area contributed by atoms with E-state index in [0.29, 0.717) is 16.5 Å². The molecule has 3 aromatic carbocycles. The maximum Gasteiger partial charge on any atom is 0.344 e. The first-order chi connectivity index (χ1) is 13.0. The number of ether oxygens (including phenoxy) is 2. The second-order valence-electron chi connectivity index (χ2n) is 5.90. The molecule has 5 nitrogen and oxygen atoms in total. The Morgan fingerprint density at radius 1 is 1.00 bits per heavy atom. The number of carbonyl (C=O) groups is 2. The number of hydrogen-bond donors (Lipinski definition) is 1. The third-order valence-corrected chi connectivity index (χ3v) is 4.19. The van der Waals surface area contributed by atoms with E-state index in [2.05, 4.69) is 5.32 Å². The molecule has 0 radical (unpaired) electrons. The summed E-state index contributed by atoms with van der Waals surface area (Å²) in [5.41, 5.74) is 0.633. The Hall–Kier alpha value is -3.05. The number of halogens is 1. The number of rotatable bonds is 6. The number of hydrogen-bond acceptors (Lipinski definition) is 4. The van der Waals surface area contributed by atoms with E-state index in [0.717, 1.165) is 10.8 Å². The van der Waals surface area contributed by atoms with Crippen LogP contribution in [0.4, 0.5) is 5.69 Å². The Labute approximate surface area is 161 Å². The predicted molar refractivity (Wildman–Crippen MR) is 105 cm³/mol. The maximum absolute atomic E-state index is 12.3. The fraction of sp³-hybridized carbons (Fsp3) is 0.143. The van der Waals surface area contributed by atoms with Gasteiger partial charge in [0, 0.05) is 5.69 Å². The zero-order valence-corrected chi connectivity index (χ0v) is 15.4. The highest BCUT2D eigenvalue weighted by atomic mass is 35.5. The third kappa shape index (κ3) is 4.99. The Bertz CT molecular complexity index is 973. The van der Waals surface area contributed by atoms with Crippen LogP contribution in [-0.4, -0.2) is 24.6 Å². The molecule has 0 spiro atoms. The molecule has 1 atom stereocenters. The summed E-state index contributed by atoms with van der Waals surface area (Å²) in [6.45, 7) is 1.17. The summed E-state index contributed by atoms with van der Waals surface area (Å²) >= 11 is 5.95. The van der Waals surface area contributed by atoms with Gasteiger partial charge in [0.1, 0.15) is 5.75 Å². The highest BCUT2D eigenvalue weighted by Gasteiger charge is 2.18. The number of para-hydroxylation sites is 1. The van der Waals surface area contributed by atoms with Gasteiger partial charge in [-0.1, -0.05) is 54.1 Å².